The van der Waals surface area contributed by atoms with Crippen LogP contribution in [0.5, 0.6) is 0 Å². The largest absolute Gasteiger partial charge is 0.355 e. The summed E-state index contributed by atoms with van der Waals surface area (Å²) in [7, 11) is 1.73. The standard InChI is InChI=1S/C21H27BrN4O2/c1-15(2)17-6-4-16(5-7-17)10-11-23-20(27)13-26(3)14-21(28)25-19-9-8-18(22)12-24-19/h4-9,12,15H,10-11,13-14H2,1-3H3,(H,23,27)(H,24,25,28). The first-order chi connectivity index (χ1) is 13.3. The number of amides is 2. The van der Waals surface area contributed by atoms with Gasteiger partial charge in [0.15, 0.2) is 0 Å². The third kappa shape index (κ3) is 7.78. The van der Waals surface area contributed by atoms with Crippen LogP contribution in [0.15, 0.2) is 47.1 Å². The fourth-order valence-electron chi connectivity index (χ4n) is 2.65. The first-order valence-corrected chi connectivity index (χ1v) is 10.1. The van der Waals surface area contributed by atoms with Crippen molar-refractivity contribution >= 4 is 33.6 Å². The molecule has 2 aromatic rings. The predicted molar refractivity (Wildman–Crippen MR) is 115 cm³/mol. The number of hydrogen-bond donors (Lipinski definition) is 2. The number of benzene rings is 1. The zero-order chi connectivity index (χ0) is 20.5. The van der Waals surface area contributed by atoms with Crippen molar-refractivity contribution in [2.75, 3.05) is 32.0 Å². The Bertz CT molecular complexity index is 776. The minimum absolute atomic E-state index is 0.101. The number of carbonyl (C=O) groups is 2. The lowest BCUT2D eigenvalue weighted by molar-refractivity contribution is -0.122. The summed E-state index contributed by atoms with van der Waals surface area (Å²) in [6.07, 6.45) is 2.40. The van der Waals surface area contributed by atoms with Crippen LogP contribution in [-0.2, 0) is 16.0 Å². The second kappa shape index (κ2) is 10.9. The van der Waals surface area contributed by atoms with Crippen molar-refractivity contribution in [2.45, 2.75) is 26.2 Å². The van der Waals surface area contributed by atoms with Crippen LogP contribution in [0.2, 0.25) is 0 Å². The molecular formula is C21H27BrN4O2. The van der Waals surface area contributed by atoms with Gasteiger partial charge in [-0.25, -0.2) is 4.98 Å². The van der Waals surface area contributed by atoms with E-state index in [-0.39, 0.29) is 24.9 Å². The monoisotopic (exact) mass is 446 g/mol. The fourth-order valence-corrected chi connectivity index (χ4v) is 2.88. The highest BCUT2D eigenvalue weighted by atomic mass is 79.9. The van der Waals surface area contributed by atoms with Crippen LogP contribution in [-0.4, -0.2) is 48.4 Å². The molecule has 150 valence electrons. The maximum absolute atomic E-state index is 12.1. The van der Waals surface area contributed by atoms with Gasteiger partial charge in [-0.2, -0.15) is 0 Å². The van der Waals surface area contributed by atoms with Crippen molar-refractivity contribution < 1.29 is 9.59 Å². The Hall–Kier alpha value is -2.25. The highest BCUT2D eigenvalue weighted by Crippen LogP contribution is 2.14. The smallest absolute Gasteiger partial charge is 0.239 e. The summed E-state index contributed by atoms with van der Waals surface area (Å²) < 4.78 is 0.843. The molecule has 0 fully saturated rings. The maximum Gasteiger partial charge on any atom is 0.239 e. The molecule has 0 saturated carbocycles. The highest BCUT2D eigenvalue weighted by Gasteiger charge is 2.11. The van der Waals surface area contributed by atoms with Gasteiger partial charge in [-0.05, 0) is 58.6 Å². The number of likely N-dealkylation sites (N-methyl/N-ethyl adjacent to an activating group) is 1. The molecule has 1 heterocycles. The van der Waals surface area contributed by atoms with E-state index in [1.165, 1.54) is 11.1 Å². The van der Waals surface area contributed by atoms with Gasteiger partial charge in [-0.1, -0.05) is 38.1 Å². The number of anilines is 1. The van der Waals surface area contributed by atoms with Gasteiger partial charge < -0.3 is 10.6 Å². The van der Waals surface area contributed by atoms with Crippen molar-refractivity contribution in [3.05, 3.63) is 58.2 Å². The topological polar surface area (TPSA) is 74.3 Å². The van der Waals surface area contributed by atoms with Crippen molar-refractivity contribution in [1.29, 1.82) is 0 Å². The van der Waals surface area contributed by atoms with E-state index in [4.69, 9.17) is 0 Å². The molecule has 1 aromatic carbocycles. The third-order valence-corrected chi connectivity index (χ3v) is 4.67. The van der Waals surface area contributed by atoms with E-state index in [0.29, 0.717) is 18.3 Å². The summed E-state index contributed by atoms with van der Waals surface area (Å²) in [6, 6.07) is 12.0. The van der Waals surface area contributed by atoms with E-state index in [1.807, 2.05) is 0 Å². The Morgan fingerprint density at radius 1 is 1.07 bits per heavy atom. The molecule has 0 aliphatic heterocycles. The van der Waals surface area contributed by atoms with Crippen LogP contribution >= 0.6 is 15.9 Å². The third-order valence-electron chi connectivity index (χ3n) is 4.20. The molecule has 0 radical (unpaired) electrons. The Kier molecular flexibility index (Phi) is 8.60. The van der Waals surface area contributed by atoms with E-state index in [0.717, 1.165) is 10.9 Å². The molecule has 28 heavy (non-hydrogen) atoms. The summed E-state index contributed by atoms with van der Waals surface area (Å²) in [4.78, 5) is 29.9. The summed E-state index contributed by atoms with van der Waals surface area (Å²) in [5.74, 6) is 0.682. The van der Waals surface area contributed by atoms with E-state index >= 15 is 0 Å². The van der Waals surface area contributed by atoms with Crippen LogP contribution in [0.4, 0.5) is 5.82 Å². The van der Waals surface area contributed by atoms with Crippen LogP contribution < -0.4 is 10.6 Å². The lowest BCUT2D eigenvalue weighted by Crippen LogP contribution is -2.39. The summed E-state index contributed by atoms with van der Waals surface area (Å²) in [5, 5.41) is 5.60. The molecule has 0 atom stereocenters. The van der Waals surface area contributed by atoms with E-state index in [9.17, 15) is 9.59 Å². The fraction of sp³-hybridized carbons (Fsp3) is 0.381. The number of hydrogen-bond acceptors (Lipinski definition) is 4. The van der Waals surface area contributed by atoms with Gasteiger partial charge in [0, 0.05) is 17.2 Å². The van der Waals surface area contributed by atoms with E-state index in [2.05, 4.69) is 69.7 Å². The molecule has 2 rings (SSSR count). The second-order valence-electron chi connectivity index (χ2n) is 7.08. The lowest BCUT2D eigenvalue weighted by atomic mass is 10.0. The Balaban J connectivity index is 1.67. The van der Waals surface area contributed by atoms with Crippen molar-refractivity contribution in [3.63, 3.8) is 0 Å². The summed E-state index contributed by atoms with van der Waals surface area (Å²) in [6.45, 7) is 5.18. The minimum atomic E-state index is -0.213. The second-order valence-corrected chi connectivity index (χ2v) is 7.99. The number of nitrogens with one attached hydrogen (secondary N) is 2. The minimum Gasteiger partial charge on any atom is -0.355 e. The molecule has 2 amide bonds. The van der Waals surface area contributed by atoms with Gasteiger partial charge in [0.1, 0.15) is 5.82 Å². The van der Waals surface area contributed by atoms with Crippen LogP contribution in [0.25, 0.3) is 0 Å². The normalized spacial score (nSPS) is 10.9. The molecule has 7 heteroatoms. The number of pyridine rings is 1. The van der Waals surface area contributed by atoms with Crippen molar-refractivity contribution in [2.24, 2.45) is 0 Å². The first kappa shape index (κ1) is 22.0. The molecule has 6 nitrogen and oxygen atoms in total. The molecule has 0 aliphatic carbocycles. The molecule has 0 spiro atoms. The molecule has 0 bridgehead atoms. The van der Waals surface area contributed by atoms with Gasteiger partial charge in [-0.15, -0.1) is 0 Å². The zero-order valence-corrected chi connectivity index (χ0v) is 18.1. The molecule has 0 aliphatic rings. The number of halogens is 1. The maximum atomic E-state index is 12.1. The first-order valence-electron chi connectivity index (χ1n) is 9.29. The molecule has 2 N–H and O–H groups in total. The average Bonchev–Trinajstić information content (AvgIpc) is 2.63. The van der Waals surface area contributed by atoms with E-state index in [1.54, 1.807) is 30.3 Å². The van der Waals surface area contributed by atoms with Gasteiger partial charge in [-0.3, -0.25) is 14.5 Å². The van der Waals surface area contributed by atoms with Crippen LogP contribution in [0.3, 0.4) is 0 Å². The van der Waals surface area contributed by atoms with Crippen LogP contribution in [0, 0.1) is 0 Å². The summed E-state index contributed by atoms with van der Waals surface area (Å²) in [5.41, 5.74) is 2.51. The Morgan fingerprint density at radius 3 is 2.36 bits per heavy atom. The van der Waals surface area contributed by atoms with E-state index < -0.39 is 0 Å². The molecule has 1 aromatic heterocycles. The Labute approximate surface area is 174 Å². The van der Waals surface area contributed by atoms with Gasteiger partial charge in [0.05, 0.1) is 13.1 Å². The van der Waals surface area contributed by atoms with Crippen molar-refractivity contribution in [3.8, 4) is 0 Å². The molecular weight excluding hydrogens is 420 g/mol. The molecule has 0 unspecified atom stereocenters. The van der Waals surface area contributed by atoms with Gasteiger partial charge in [0.2, 0.25) is 11.8 Å². The number of nitrogens with zero attached hydrogens (tertiary/aromatic N) is 2. The number of carbonyl (C=O) groups excluding carboxylic acids is 2. The van der Waals surface area contributed by atoms with Crippen LogP contribution in [0.1, 0.15) is 30.9 Å². The van der Waals surface area contributed by atoms with Crippen molar-refractivity contribution in [1.82, 2.24) is 15.2 Å². The molecule has 0 saturated heterocycles. The average molecular weight is 447 g/mol. The zero-order valence-electron chi connectivity index (χ0n) is 16.5. The SMILES string of the molecule is CC(C)c1ccc(CCNC(=O)CN(C)CC(=O)Nc2ccc(Br)cn2)cc1. The van der Waals surface area contributed by atoms with Gasteiger partial charge in [0.25, 0.3) is 0 Å². The quantitative estimate of drug-likeness (QED) is 0.619. The Morgan fingerprint density at radius 2 is 1.75 bits per heavy atom. The lowest BCUT2D eigenvalue weighted by Gasteiger charge is -2.16. The number of aromatic nitrogens is 1. The predicted octanol–water partition coefficient (Wildman–Crippen LogP) is 3.20. The number of rotatable bonds is 9. The van der Waals surface area contributed by atoms with Gasteiger partial charge >= 0.3 is 0 Å². The summed E-state index contributed by atoms with van der Waals surface area (Å²) >= 11 is 3.30. The highest BCUT2D eigenvalue weighted by molar-refractivity contribution is 9.10.